The number of carboxylic acids is 1. The average Bonchev–Trinajstić information content (AvgIpc) is 2.87. The van der Waals surface area contributed by atoms with E-state index in [4.69, 9.17) is 4.74 Å². The van der Waals surface area contributed by atoms with E-state index in [9.17, 15) is 18.7 Å². The van der Waals surface area contributed by atoms with Gasteiger partial charge in [0, 0.05) is 11.9 Å². The van der Waals surface area contributed by atoms with Crippen LogP contribution in [-0.2, 0) is 11.2 Å². The maximum absolute atomic E-state index is 14.6. The third kappa shape index (κ3) is 5.85. The van der Waals surface area contributed by atoms with E-state index in [1.807, 2.05) is 12.2 Å². The van der Waals surface area contributed by atoms with Gasteiger partial charge in [0.1, 0.15) is 17.4 Å². The van der Waals surface area contributed by atoms with Crippen molar-refractivity contribution in [1.29, 1.82) is 0 Å². The Bertz CT molecular complexity index is 1200. The summed E-state index contributed by atoms with van der Waals surface area (Å²) in [5, 5.41) is 10.8. The van der Waals surface area contributed by atoms with Gasteiger partial charge in [-0.05, 0) is 86.7 Å². The number of likely N-dealkylation sites (tertiary alicyclic amines) is 1. The molecule has 7 heteroatoms. The number of carbonyl (C=O) groups is 1. The van der Waals surface area contributed by atoms with E-state index in [0.29, 0.717) is 74.0 Å². The molecule has 0 aliphatic carbocycles. The lowest BCUT2D eigenvalue weighted by Crippen LogP contribution is -2.44. The van der Waals surface area contributed by atoms with Gasteiger partial charge < -0.3 is 9.84 Å². The molecule has 4 rings (SSSR count). The van der Waals surface area contributed by atoms with Crippen molar-refractivity contribution < 1.29 is 23.4 Å². The fourth-order valence-corrected chi connectivity index (χ4v) is 4.83. The van der Waals surface area contributed by atoms with Crippen LogP contribution in [0.25, 0.3) is 17.0 Å². The van der Waals surface area contributed by atoms with Gasteiger partial charge in [-0.25, -0.2) is 8.78 Å². The third-order valence-electron chi connectivity index (χ3n) is 7.03. The Morgan fingerprint density at radius 3 is 2.60 bits per heavy atom. The molecule has 0 radical (unpaired) electrons. The minimum atomic E-state index is -0.797. The number of aryl methyl sites for hydroxylation is 1. The molecule has 184 valence electrons. The Hall–Kier alpha value is -3.32. The van der Waals surface area contributed by atoms with Crippen molar-refractivity contribution in [3.8, 4) is 5.75 Å². The Balaban J connectivity index is 1.36. The van der Waals surface area contributed by atoms with Crippen LogP contribution in [0.4, 0.5) is 8.78 Å². The SMILES string of the molecule is COc1ccc2ncc(F)c(CCCC3(C(=O)O)CCN(CC=Cc4ccc(F)cc4)CC3)c2c1. The summed E-state index contributed by atoms with van der Waals surface area (Å²) >= 11 is 0. The standard InChI is InChI=1S/C28H30F2N2O3/c1-35-22-10-11-26-24(18-22)23(25(30)19-31-26)5-2-12-28(27(33)34)13-16-32(17-14-28)15-3-4-20-6-8-21(29)9-7-20/h3-4,6-11,18-19H,2,5,12-17H2,1H3,(H,33,34). The van der Waals surface area contributed by atoms with Crippen LogP contribution in [0.2, 0.25) is 0 Å². The van der Waals surface area contributed by atoms with Crippen molar-refractivity contribution >= 4 is 22.9 Å². The van der Waals surface area contributed by atoms with Crippen molar-refractivity contribution in [3.05, 3.63) is 77.5 Å². The summed E-state index contributed by atoms with van der Waals surface area (Å²) in [7, 11) is 1.56. The highest BCUT2D eigenvalue weighted by atomic mass is 19.1. The number of ether oxygens (including phenoxy) is 1. The molecular weight excluding hydrogens is 450 g/mol. The molecule has 0 bridgehead atoms. The van der Waals surface area contributed by atoms with Gasteiger partial charge in [0.05, 0.1) is 24.2 Å². The largest absolute Gasteiger partial charge is 0.497 e. The molecule has 0 unspecified atom stereocenters. The molecule has 1 aromatic heterocycles. The summed E-state index contributed by atoms with van der Waals surface area (Å²) < 4.78 is 33.0. The van der Waals surface area contributed by atoms with Gasteiger partial charge in [0.25, 0.3) is 0 Å². The van der Waals surface area contributed by atoms with Gasteiger partial charge in [-0.15, -0.1) is 0 Å². The summed E-state index contributed by atoms with van der Waals surface area (Å²) in [6.45, 7) is 2.08. The van der Waals surface area contributed by atoms with Gasteiger partial charge >= 0.3 is 5.97 Å². The quantitative estimate of drug-likeness (QED) is 0.424. The summed E-state index contributed by atoms with van der Waals surface area (Å²) in [6.07, 6.45) is 7.82. The van der Waals surface area contributed by atoms with Crippen molar-refractivity contribution in [2.75, 3.05) is 26.7 Å². The summed E-state index contributed by atoms with van der Waals surface area (Å²) in [5.74, 6) is -0.782. The second kappa shape index (κ2) is 11.0. The molecule has 1 N–H and O–H groups in total. The number of pyridine rings is 1. The highest BCUT2D eigenvalue weighted by molar-refractivity contribution is 5.83. The van der Waals surface area contributed by atoms with Crippen LogP contribution in [0.3, 0.4) is 0 Å². The third-order valence-corrected chi connectivity index (χ3v) is 7.03. The Kier molecular flexibility index (Phi) is 7.76. The molecule has 2 heterocycles. The van der Waals surface area contributed by atoms with Crippen molar-refractivity contribution in [3.63, 3.8) is 0 Å². The molecule has 0 spiro atoms. The second-order valence-corrected chi connectivity index (χ2v) is 9.16. The van der Waals surface area contributed by atoms with E-state index in [1.54, 1.807) is 37.4 Å². The lowest BCUT2D eigenvalue weighted by Gasteiger charge is -2.38. The topological polar surface area (TPSA) is 62.7 Å². The van der Waals surface area contributed by atoms with Gasteiger partial charge in [-0.3, -0.25) is 14.7 Å². The lowest BCUT2D eigenvalue weighted by molar-refractivity contribution is -0.152. The first-order chi connectivity index (χ1) is 16.9. The van der Waals surface area contributed by atoms with Crippen molar-refractivity contribution in [2.24, 2.45) is 5.41 Å². The summed E-state index contributed by atoms with van der Waals surface area (Å²) in [6, 6.07) is 11.7. The Morgan fingerprint density at radius 2 is 1.91 bits per heavy atom. The molecule has 0 amide bonds. The van der Waals surface area contributed by atoms with E-state index in [0.717, 1.165) is 5.56 Å². The number of aliphatic carboxylic acids is 1. The minimum absolute atomic E-state index is 0.261. The number of methoxy groups -OCH3 is 1. The number of benzene rings is 2. The first-order valence-electron chi connectivity index (χ1n) is 11.9. The zero-order chi connectivity index (χ0) is 24.8. The maximum atomic E-state index is 14.6. The van der Waals surface area contributed by atoms with E-state index >= 15 is 0 Å². The van der Waals surface area contributed by atoms with E-state index in [-0.39, 0.29) is 11.6 Å². The molecule has 1 aliphatic heterocycles. The molecule has 0 saturated carbocycles. The number of carboxylic acid groups (broad SMARTS) is 1. The van der Waals surface area contributed by atoms with Crippen LogP contribution in [-0.4, -0.2) is 47.7 Å². The number of rotatable bonds is 9. The monoisotopic (exact) mass is 480 g/mol. The number of hydrogen-bond donors (Lipinski definition) is 1. The molecule has 2 aromatic carbocycles. The highest BCUT2D eigenvalue weighted by Crippen LogP contribution is 2.37. The molecule has 3 aromatic rings. The molecule has 5 nitrogen and oxygen atoms in total. The number of fused-ring (bicyclic) bond motifs is 1. The zero-order valence-corrected chi connectivity index (χ0v) is 19.8. The fraction of sp³-hybridized carbons (Fsp3) is 0.357. The van der Waals surface area contributed by atoms with Crippen LogP contribution in [0.1, 0.15) is 36.8 Å². The van der Waals surface area contributed by atoms with Gasteiger partial charge in [-0.2, -0.15) is 0 Å². The first kappa shape index (κ1) is 24.8. The van der Waals surface area contributed by atoms with Crippen LogP contribution >= 0.6 is 0 Å². The first-order valence-corrected chi connectivity index (χ1v) is 11.9. The van der Waals surface area contributed by atoms with E-state index < -0.39 is 11.4 Å². The predicted molar refractivity (Wildman–Crippen MR) is 132 cm³/mol. The van der Waals surface area contributed by atoms with Crippen LogP contribution in [0, 0.1) is 17.0 Å². The maximum Gasteiger partial charge on any atom is 0.309 e. The molecule has 35 heavy (non-hydrogen) atoms. The van der Waals surface area contributed by atoms with Crippen LogP contribution < -0.4 is 4.74 Å². The lowest BCUT2D eigenvalue weighted by atomic mass is 9.74. The average molecular weight is 481 g/mol. The minimum Gasteiger partial charge on any atom is -0.497 e. The Labute approximate surface area is 204 Å². The molecule has 0 atom stereocenters. The predicted octanol–water partition coefficient (Wildman–Crippen LogP) is 5.72. The van der Waals surface area contributed by atoms with Crippen molar-refractivity contribution in [2.45, 2.75) is 32.1 Å². The van der Waals surface area contributed by atoms with Gasteiger partial charge in [0.2, 0.25) is 0 Å². The molecule has 1 aliphatic rings. The number of piperidine rings is 1. The number of aromatic nitrogens is 1. The fourth-order valence-electron chi connectivity index (χ4n) is 4.83. The summed E-state index contributed by atoms with van der Waals surface area (Å²) in [4.78, 5) is 18.6. The van der Waals surface area contributed by atoms with E-state index in [2.05, 4.69) is 9.88 Å². The molecular formula is C28H30F2N2O3. The van der Waals surface area contributed by atoms with Gasteiger partial charge in [-0.1, -0.05) is 24.3 Å². The molecule has 1 fully saturated rings. The van der Waals surface area contributed by atoms with Crippen molar-refractivity contribution in [1.82, 2.24) is 9.88 Å². The zero-order valence-electron chi connectivity index (χ0n) is 19.8. The molecule has 1 saturated heterocycles. The normalized spacial score (nSPS) is 16.1. The number of nitrogens with zero attached hydrogens (tertiary/aromatic N) is 2. The van der Waals surface area contributed by atoms with Crippen LogP contribution in [0.5, 0.6) is 5.75 Å². The second-order valence-electron chi connectivity index (χ2n) is 9.16. The van der Waals surface area contributed by atoms with E-state index in [1.165, 1.54) is 18.3 Å². The Morgan fingerprint density at radius 1 is 1.17 bits per heavy atom. The highest BCUT2D eigenvalue weighted by Gasteiger charge is 2.40. The number of hydrogen-bond acceptors (Lipinski definition) is 4. The van der Waals surface area contributed by atoms with Gasteiger partial charge in [0.15, 0.2) is 0 Å². The number of halogens is 2. The van der Waals surface area contributed by atoms with Crippen LogP contribution in [0.15, 0.2) is 54.7 Å². The smallest absolute Gasteiger partial charge is 0.309 e. The summed E-state index contributed by atoms with van der Waals surface area (Å²) in [5.41, 5.74) is 1.38.